The van der Waals surface area contributed by atoms with Crippen molar-refractivity contribution in [2.24, 2.45) is 10.2 Å². The predicted molar refractivity (Wildman–Crippen MR) is 72.3 cm³/mol. The molecule has 1 aliphatic rings. The van der Waals surface area contributed by atoms with Crippen LogP contribution < -0.4 is 4.74 Å². The molecule has 1 unspecified atom stereocenters. The normalized spacial score (nSPS) is 17.6. The van der Waals surface area contributed by atoms with E-state index in [9.17, 15) is 0 Å². The Hall–Kier alpha value is -2.20. The molecule has 0 amide bonds. The smallest absolute Gasteiger partial charge is 0.146 e. The minimum absolute atomic E-state index is 0.235. The Labute approximate surface area is 111 Å². The zero-order valence-corrected chi connectivity index (χ0v) is 10.4. The van der Waals surface area contributed by atoms with Gasteiger partial charge in [0.2, 0.25) is 0 Å². The first-order chi connectivity index (χ1) is 9.42. The molecule has 1 saturated heterocycles. The van der Waals surface area contributed by atoms with Crippen LogP contribution in [0.1, 0.15) is 0 Å². The molecular weight excluding hydrogens is 240 g/mol. The zero-order valence-electron chi connectivity index (χ0n) is 10.4. The minimum Gasteiger partial charge on any atom is -0.488 e. The summed E-state index contributed by atoms with van der Waals surface area (Å²) in [6, 6.07) is 17.2. The SMILES string of the molecule is c1ccc(/N=N/c2ccccc2OCC2CO2)cc1. The summed E-state index contributed by atoms with van der Waals surface area (Å²) in [5, 5.41) is 8.43. The molecule has 0 spiro atoms. The second kappa shape index (κ2) is 5.63. The Morgan fingerprint density at radius 2 is 1.74 bits per heavy atom. The fraction of sp³-hybridized carbons (Fsp3) is 0.200. The van der Waals surface area contributed by atoms with E-state index in [1.807, 2.05) is 54.6 Å². The standard InChI is InChI=1S/C15H14N2O2/c1-2-6-12(7-3-1)16-17-14-8-4-5-9-15(14)19-11-13-10-18-13/h1-9,13H,10-11H2/b17-16+. The summed E-state index contributed by atoms with van der Waals surface area (Å²) in [6.45, 7) is 1.35. The van der Waals surface area contributed by atoms with Gasteiger partial charge in [-0.2, -0.15) is 5.11 Å². The third-order valence-corrected chi connectivity index (χ3v) is 2.72. The van der Waals surface area contributed by atoms with E-state index in [1.54, 1.807) is 0 Å². The summed E-state index contributed by atoms with van der Waals surface area (Å²) in [6.07, 6.45) is 0.235. The number of benzene rings is 2. The molecule has 4 heteroatoms. The zero-order chi connectivity index (χ0) is 12.9. The van der Waals surface area contributed by atoms with E-state index in [4.69, 9.17) is 9.47 Å². The van der Waals surface area contributed by atoms with Crippen molar-refractivity contribution in [3.63, 3.8) is 0 Å². The van der Waals surface area contributed by atoms with Crippen molar-refractivity contribution in [1.82, 2.24) is 0 Å². The number of epoxide rings is 1. The summed E-state index contributed by atoms with van der Waals surface area (Å²) in [7, 11) is 0. The number of ether oxygens (including phenoxy) is 2. The molecule has 4 nitrogen and oxygen atoms in total. The van der Waals surface area contributed by atoms with Crippen LogP contribution in [0.15, 0.2) is 64.8 Å². The van der Waals surface area contributed by atoms with Crippen molar-refractivity contribution in [3.05, 3.63) is 54.6 Å². The Morgan fingerprint density at radius 1 is 1.00 bits per heavy atom. The van der Waals surface area contributed by atoms with Crippen molar-refractivity contribution >= 4 is 11.4 Å². The Morgan fingerprint density at radius 3 is 2.53 bits per heavy atom. The largest absolute Gasteiger partial charge is 0.488 e. The van der Waals surface area contributed by atoms with Crippen LogP contribution in [0.5, 0.6) is 5.75 Å². The van der Waals surface area contributed by atoms with Gasteiger partial charge in [0.1, 0.15) is 24.1 Å². The second-order valence-electron chi connectivity index (χ2n) is 4.27. The summed E-state index contributed by atoms with van der Waals surface area (Å²) in [5.41, 5.74) is 1.55. The van der Waals surface area contributed by atoms with Crippen LogP contribution in [0.2, 0.25) is 0 Å². The van der Waals surface area contributed by atoms with E-state index in [1.165, 1.54) is 0 Å². The molecule has 19 heavy (non-hydrogen) atoms. The summed E-state index contributed by atoms with van der Waals surface area (Å²) >= 11 is 0. The second-order valence-corrected chi connectivity index (χ2v) is 4.27. The monoisotopic (exact) mass is 254 g/mol. The van der Waals surface area contributed by atoms with E-state index in [2.05, 4.69) is 10.2 Å². The summed E-state index contributed by atoms with van der Waals surface area (Å²) in [5.74, 6) is 0.734. The molecule has 1 aliphatic heterocycles. The maximum Gasteiger partial charge on any atom is 0.146 e. The molecule has 2 aromatic rings. The Kier molecular flexibility index (Phi) is 3.51. The van der Waals surface area contributed by atoms with E-state index < -0.39 is 0 Å². The quantitative estimate of drug-likeness (QED) is 0.600. The minimum atomic E-state index is 0.235. The van der Waals surface area contributed by atoms with Gasteiger partial charge in [-0.1, -0.05) is 30.3 Å². The van der Waals surface area contributed by atoms with Crippen molar-refractivity contribution in [3.8, 4) is 5.75 Å². The fourth-order valence-electron chi connectivity index (χ4n) is 1.62. The molecule has 2 aromatic carbocycles. The van der Waals surface area contributed by atoms with Gasteiger partial charge >= 0.3 is 0 Å². The lowest BCUT2D eigenvalue weighted by atomic mass is 10.3. The molecular formula is C15H14N2O2. The first-order valence-electron chi connectivity index (χ1n) is 6.22. The molecule has 0 aliphatic carbocycles. The molecule has 0 aromatic heterocycles. The average molecular weight is 254 g/mol. The topological polar surface area (TPSA) is 46.5 Å². The van der Waals surface area contributed by atoms with E-state index >= 15 is 0 Å². The maximum absolute atomic E-state index is 5.67. The highest BCUT2D eigenvalue weighted by atomic mass is 16.6. The van der Waals surface area contributed by atoms with Gasteiger partial charge < -0.3 is 9.47 Å². The van der Waals surface area contributed by atoms with E-state index in [0.717, 1.165) is 23.7 Å². The number of para-hydroxylation sites is 1. The Balaban J connectivity index is 1.73. The van der Waals surface area contributed by atoms with Gasteiger partial charge in [0.05, 0.1) is 12.3 Å². The van der Waals surface area contributed by atoms with Crippen molar-refractivity contribution in [2.45, 2.75) is 6.10 Å². The molecule has 0 bridgehead atoms. The molecule has 1 heterocycles. The van der Waals surface area contributed by atoms with Crippen LogP contribution in [0.25, 0.3) is 0 Å². The maximum atomic E-state index is 5.67. The number of hydrogen-bond acceptors (Lipinski definition) is 4. The van der Waals surface area contributed by atoms with Gasteiger partial charge in [0.25, 0.3) is 0 Å². The highest BCUT2D eigenvalue weighted by Gasteiger charge is 2.23. The summed E-state index contributed by atoms with van der Waals surface area (Å²) < 4.78 is 10.8. The van der Waals surface area contributed by atoms with Crippen molar-refractivity contribution in [2.75, 3.05) is 13.2 Å². The Bertz CT molecular complexity index is 565. The van der Waals surface area contributed by atoms with Gasteiger partial charge in [-0.25, -0.2) is 0 Å². The van der Waals surface area contributed by atoms with Gasteiger partial charge in [-0.3, -0.25) is 0 Å². The molecule has 1 fully saturated rings. The van der Waals surface area contributed by atoms with Gasteiger partial charge in [-0.05, 0) is 24.3 Å². The van der Waals surface area contributed by atoms with Crippen LogP contribution in [0, 0.1) is 0 Å². The molecule has 1 atom stereocenters. The van der Waals surface area contributed by atoms with Gasteiger partial charge in [0.15, 0.2) is 0 Å². The molecule has 0 radical (unpaired) electrons. The lowest BCUT2D eigenvalue weighted by Crippen LogP contribution is -2.03. The highest BCUT2D eigenvalue weighted by molar-refractivity contribution is 5.51. The molecule has 96 valence electrons. The molecule has 0 N–H and O–H groups in total. The van der Waals surface area contributed by atoms with E-state index in [0.29, 0.717) is 6.61 Å². The molecule has 3 rings (SSSR count). The number of rotatable bonds is 5. The van der Waals surface area contributed by atoms with Crippen LogP contribution in [-0.2, 0) is 4.74 Å². The van der Waals surface area contributed by atoms with Crippen LogP contribution >= 0.6 is 0 Å². The molecule has 0 saturated carbocycles. The number of hydrogen-bond donors (Lipinski definition) is 0. The first-order valence-corrected chi connectivity index (χ1v) is 6.22. The lowest BCUT2D eigenvalue weighted by molar-refractivity contribution is 0.263. The number of azo groups is 1. The fourth-order valence-corrected chi connectivity index (χ4v) is 1.62. The van der Waals surface area contributed by atoms with Crippen LogP contribution in [0.3, 0.4) is 0 Å². The van der Waals surface area contributed by atoms with Crippen LogP contribution in [-0.4, -0.2) is 19.3 Å². The summed E-state index contributed by atoms with van der Waals surface area (Å²) in [4.78, 5) is 0. The third-order valence-electron chi connectivity index (χ3n) is 2.72. The highest BCUT2D eigenvalue weighted by Crippen LogP contribution is 2.29. The van der Waals surface area contributed by atoms with Gasteiger partial charge in [-0.15, -0.1) is 5.11 Å². The van der Waals surface area contributed by atoms with E-state index in [-0.39, 0.29) is 6.10 Å². The third kappa shape index (κ3) is 3.39. The lowest BCUT2D eigenvalue weighted by Gasteiger charge is -2.06. The van der Waals surface area contributed by atoms with Crippen LogP contribution in [0.4, 0.5) is 11.4 Å². The first kappa shape index (κ1) is 11.9. The van der Waals surface area contributed by atoms with Crippen molar-refractivity contribution in [1.29, 1.82) is 0 Å². The number of nitrogens with zero attached hydrogens (tertiary/aromatic N) is 2. The average Bonchev–Trinajstić information content (AvgIpc) is 3.29. The predicted octanol–water partition coefficient (Wildman–Crippen LogP) is 3.88. The van der Waals surface area contributed by atoms with Crippen molar-refractivity contribution < 1.29 is 9.47 Å². The van der Waals surface area contributed by atoms with Gasteiger partial charge in [0, 0.05) is 0 Å².